The zero-order valence-electron chi connectivity index (χ0n) is 13.0. The Morgan fingerprint density at radius 3 is 2.70 bits per heavy atom. The maximum Gasteiger partial charge on any atom is 0.160 e. The third-order valence-electron chi connectivity index (χ3n) is 4.12. The lowest BCUT2D eigenvalue weighted by Gasteiger charge is -2.36. The molecule has 5 N–H and O–H groups in total. The maximum absolute atomic E-state index is 10.1. The van der Waals surface area contributed by atoms with E-state index >= 15 is 0 Å². The summed E-state index contributed by atoms with van der Waals surface area (Å²) in [5.74, 6) is 0.434. The van der Waals surface area contributed by atoms with Gasteiger partial charge in [0.1, 0.15) is 18.3 Å². The molecule has 0 bridgehead atoms. The highest BCUT2D eigenvalue weighted by Gasteiger charge is 2.38. The number of phenols is 1. The van der Waals surface area contributed by atoms with Gasteiger partial charge >= 0.3 is 0 Å². The third kappa shape index (κ3) is 4.55. The van der Waals surface area contributed by atoms with Gasteiger partial charge in [0.25, 0.3) is 0 Å². The van der Waals surface area contributed by atoms with Gasteiger partial charge in [-0.2, -0.15) is 0 Å². The van der Waals surface area contributed by atoms with Crippen molar-refractivity contribution in [1.29, 1.82) is 0 Å². The van der Waals surface area contributed by atoms with Crippen LogP contribution >= 0.6 is 0 Å². The Balaban J connectivity index is 1.84. The van der Waals surface area contributed by atoms with Crippen molar-refractivity contribution in [2.45, 2.75) is 49.8 Å². The standard InChI is InChI=1S/C16H24O7/c1-22-13-6-9(3-5-11(13)18)2-4-10(17)7-14-16(21)15(20)12(19)8-23-14/h3,5-6,10,12,14-21H,2,4,7-8H2,1H3/t10?,12-,14-,15+,16+/m1/s1. The number of phenolic OH excluding ortho intramolecular Hbond substituents is 1. The fraction of sp³-hybridized carbons (Fsp3) is 0.625. The van der Waals surface area contributed by atoms with Crippen molar-refractivity contribution in [3.8, 4) is 11.5 Å². The fourth-order valence-corrected chi connectivity index (χ4v) is 2.67. The van der Waals surface area contributed by atoms with Crippen molar-refractivity contribution in [3.63, 3.8) is 0 Å². The smallest absolute Gasteiger partial charge is 0.160 e. The van der Waals surface area contributed by atoms with Gasteiger partial charge in [0.15, 0.2) is 11.5 Å². The molecule has 0 aromatic heterocycles. The van der Waals surface area contributed by atoms with Gasteiger partial charge in [0, 0.05) is 6.42 Å². The summed E-state index contributed by atoms with van der Waals surface area (Å²) in [6.07, 6.45) is -3.87. The van der Waals surface area contributed by atoms with E-state index in [0.29, 0.717) is 18.6 Å². The van der Waals surface area contributed by atoms with E-state index in [9.17, 15) is 25.5 Å². The van der Waals surface area contributed by atoms with Crippen LogP contribution in [0.15, 0.2) is 18.2 Å². The van der Waals surface area contributed by atoms with E-state index in [1.807, 2.05) is 0 Å². The second-order valence-corrected chi connectivity index (χ2v) is 5.85. The highest BCUT2D eigenvalue weighted by Crippen LogP contribution is 2.27. The molecule has 0 radical (unpaired) electrons. The number of rotatable bonds is 6. The first kappa shape index (κ1) is 18.0. The highest BCUT2D eigenvalue weighted by atomic mass is 16.5. The molecule has 0 spiro atoms. The van der Waals surface area contributed by atoms with Crippen LogP contribution in [0, 0.1) is 0 Å². The summed E-state index contributed by atoms with van der Waals surface area (Å²) in [4.78, 5) is 0. The number of aryl methyl sites for hydroxylation is 1. The average molecular weight is 328 g/mol. The average Bonchev–Trinajstić information content (AvgIpc) is 2.54. The Bertz CT molecular complexity index is 507. The monoisotopic (exact) mass is 328 g/mol. The number of aromatic hydroxyl groups is 1. The number of benzene rings is 1. The zero-order valence-corrected chi connectivity index (χ0v) is 13.0. The van der Waals surface area contributed by atoms with Gasteiger partial charge in [-0.25, -0.2) is 0 Å². The van der Waals surface area contributed by atoms with Crippen LogP contribution in [0.3, 0.4) is 0 Å². The van der Waals surface area contributed by atoms with E-state index in [2.05, 4.69) is 0 Å². The number of aliphatic hydroxyl groups is 4. The van der Waals surface area contributed by atoms with Crippen LogP contribution in [0.5, 0.6) is 11.5 Å². The Kier molecular flexibility index (Phi) is 6.20. The van der Waals surface area contributed by atoms with E-state index in [0.717, 1.165) is 5.56 Å². The van der Waals surface area contributed by atoms with Crippen LogP contribution < -0.4 is 4.74 Å². The van der Waals surface area contributed by atoms with Gasteiger partial charge in [-0.05, 0) is 30.5 Å². The number of methoxy groups -OCH3 is 1. The Morgan fingerprint density at radius 1 is 1.26 bits per heavy atom. The SMILES string of the molecule is COc1cc(CCC(O)C[C@H]2OC[C@@H](O)[C@H](O)[C@H]2O)ccc1O. The maximum atomic E-state index is 10.1. The van der Waals surface area contributed by atoms with E-state index < -0.39 is 30.5 Å². The minimum Gasteiger partial charge on any atom is -0.504 e. The summed E-state index contributed by atoms with van der Waals surface area (Å²) in [7, 11) is 1.47. The molecule has 23 heavy (non-hydrogen) atoms. The summed E-state index contributed by atoms with van der Waals surface area (Å²) < 4.78 is 10.3. The molecule has 1 aliphatic rings. The first-order chi connectivity index (χ1) is 10.9. The molecule has 1 unspecified atom stereocenters. The molecule has 130 valence electrons. The van der Waals surface area contributed by atoms with Crippen LogP contribution in [-0.4, -0.2) is 69.8 Å². The summed E-state index contributed by atoms with van der Waals surface area (Å²) in [5, 5.41) is 48.5. The van der Waals surface area contributed by atoms with Crippen molar-refractivity contribution in [2.75, 3.05) is 13.7 Å². The predicted octanol–water partition coefficient (Wildman–Crippen LogP) is -0.434. The summed E-state index contributed by atoms with van der Waals surface area (Å²) in [5.41, 5.74) is 0.902. The van der Waals surface area contributed by atoms with Crippen molar-refractivity contribution in [2.24, 2.45) is 0 Å². The molecule has 1 saturated heterocycles. The molecule has 2 rings (SSSR count). The van der Waals surface area contributed by atoms with Gasteiger partial charge < -0.3 is 35.0 Å². The van der Waals surface area contributed by atoms with Crippen LogP contribution in [0.1, 0.15) is 18.4 Å². The minimum atomic E-state index is -1.26. The van der Waals surface area contributed by atoms with Gasteiger partial charge in [0.2, 0.25) is 0 Å². The van der Waals surface area contributed by atoms with Crippen LogP contribution in [0.25, 0.3) is 0 Å². The molecule has 7 heteroatoms. The number of aliphatic hydroxyl groups excluding tert-OH is 4. The van der Waals surface area contributed by atoms with Crippen molar-refractivity contribution in [3.05, 3.63) is 23.8 Å². The molecule has 1 fully saturated rings. The summed E-state index contributed by atoms with van der Waals surface area (Å²) in [6, 6.07) is 4.98. The largest absolute Gasteiger partial charge is 0.504 e. The van der Waals surface area contributed by atoms with Crippen LogP contribution in [0.2, 0.25) is 0 Å². The summed E-state index contributed by atoms with van der Waals surface area (Å²) in [6.45, 7) is -0.0647. The third-order valence-corrected chi connectivity index (χ3v) is 4.12. The number of hydrogen-bond acceptors (Lipinski definition) is 7. The van der Waals surface area contributed by atoms with Crippen molar-refractivity contribution < 1.29 is 35.0 Å². The lowest BCUT2D eigenvalue weighted by Crippen LogP contribution is -2.53. The van der Waals surface area contributed by atoms with Crippen molar-refractivity contribution >= 4 is 0 Å². The van der Waals surface area contributed by atoms with E-state index in [1.54, 1.807) is 12.1 Å². The molecule has 1 heterocycles. The molecule has 1 aliphatic heterocycles. The van der Waals surface area contributed by atoms with E-state index in [1.165, 1.54) is 13.2 Å². The highest BCUT2D eigenvalue weighted by molar-refractivity contribution is 5.41. The first-order valence-electron chi connectivity index (χ1n) is 7.62. The molecule has 5 atom stereocenters. The molecule has 1 aromatic rings. The molecule has 0 aliphatic carbocycles. The van der Waals surface area contributed by atoms with Gasteiger partial charge in [-0.15, -0.1) is 0 Å². The molecule has 0 saturated carbocycles. The predicted molar refractivity (Wildman–Crippen MR) is 81.4 cm³/mol. The van der Waals surface area contributed by atoms with E-state index in [4.69, 9.17) is 9.47 Å². The second-order valence-electron chi connectivity index (χ2n) is 5.85. The number of ether oxygens (including phenoxy) is 2. The van der Waals surface area contributed by atoms with Gasteiger partial charge in [0.05, 0.1) is 25.9 Å². The van der Waals surface area contributed by atoms with Crippen LogP contribution in [0.4, 0.5) is 0 Å². The number of hydrogen-bond donors (Lipinski definition) is 5. The topological polar surface area (TPSA) is 120 Å². The molecular weight excluding hydrogens is 304 g/mol. The lowest BCUT2D eigenvalue weighted by atomic mass is 9.94. The summed E-state index contributed by atoms with van der Waals surface area (Å²) >= 11 is 0. The van der Waals surface area contributed by atoms with Crippen molar-refractivity contribution in [1.82, 2.24) is 0 Å². The van der Waals surface area contributed by atoms with Crippen LogP contribution in [-0.2, 0) is 11.2 Å². The molecule has 0 amide bonds. The molecule has 1 aromatic carbocycles. The zero-order chi connectivity index (χ0) is 17.0. The molecule has 7 nitrogen and oxygen atoms in total. The van der Waals surface area contributed by atoms with E-state index in [-0.39, 0.29) is 18.8 Å². The van der Waals surface area contributed by atoms with Gasteiger partial charge in [-0.3, -0.25) is 0 Å². The second kappa shape index (κ2) is 7.94. The van der Waals surface area contributed by atoms with Gasteiger partial charge in [-0.1, -0.05) is 6.07 Å². The first-order valence-corrected chi connectivity index (χ1v) is 7.62. The lowest BCUT2D eigenvalue weighted by molar-refractivity contribution is -0.193. The minimum absolute atomic E-state index is 0.0584. The normalized spacial score (nSPS) is 29.3. The Morgan fingerprint density at radius 2 is 2.00 bits per heavy atom. The quantitative estimate of drug-likeness (QED) is 0.480. The fourth-order valence-electron chi connectivity index (χ4n) is 2.67. The molecular formula is C16H24O7. The Hall–Kier alpha value is -1.38. The Labute approximate surface area is 134 Å².